The van der Waals surface area contributed by atoms with Crippen molar-refractivity contribution in [2.24, 2.45) is 28.8 Å². The van der Waals surface area contributed by atoms with Crippen molar-refractivity contribution in [3.8, 4) is 5.75 Å². The SMILES string of the molecule is O=C1[C@H]2[C@H](C(=O)N1/N=C\c1ccc(O)cc1)[C@H]1C=C[C@H]2C1. The first kappa shape index (κ1) is 12.3. The molecule has 21 heavy (non-hydrogen) atoms. The fourth-order valence-electron chi connectivity index (χ4n) is 3.69. The highest BCUT2D eigenvalue weighted by Gasteiger charge is 2.59. The van der Waals surface area contributed by atoms with Crippen LogP contribution in [0.25, 0.3) is 0 Å². The largest absolute Gasteiger partial charge is 0.508 e. The summed E-state index contributed by atoms with van der Waals surface area (Å²) in [5, 5.41) is 14.3. The Balaban J connectivity index is 1.58. The predicted octanol–water partition coefficient (Wildman–Crippen LogP) is 1.53. The van der Waals surface area contributed by atoms with E-state index in [0.29, 0.717) is 0 Å². The number of nitrogens with zero attached hydrogens (tertiary/aromatic N) is 2. The van der Waals surface area contributed by atoms with E-state index >= 15 is 0 Å². The maximum absolute atomic E-state index is 12.4. The van der Waals surface area contributed by atoms with E-state index in [9.17, 15) is 14.7 Å². The average molecular weight is 282 g/mol. The molecule has 3 aliphatic rings. The van der Waals surface area contributed by atoms with Gasteiger partial charge in [0.2, 0.25) is 0 Å². The van der Waals surface area contributed by atoms with Crippen LogP contribution < -0.4 is 0 Å². The molecule has 4 atom stereocenters. The summed E-state index contributed by atoms with van der Waals surface area (Å²) in [6.45, 7) is 0. The molecular formula is C16H14N2O3. The van der Waals surface area contributed by atoms with E-state index in [4.69, 9.17) is 0 Å². The molecule has 5 heteroatoms. The van der Waals surface area contributed by atoms with Crippen molar-refractivity contribution in [1.29, 1.82) is 0 Å². The summed E-state index contributed by atoms with van der Waals surface area (Å²) in [6.07, 6.45) is 6.52. The molecule has 4 rings (SSSR count). The lowest BCUT2D eigenvalue weighted by Gasteiger charge is -2.13. The number of phenols is 1. The molecule has 5 nitrogen and oxygen atoms in total. The Hall–Kier alpha value is -2.43. The van der Waals surface area contributed by atoms with Gasteiger partial charge in [0, 0.05) is 0 Å². The van der Waals surface area contributed by atoms with Crippen LogP contribution in [-0.4, -0.2) is 28.1 Å². The molecule has 1 aromatic carbocycles. The summed E-state index contributed by atoms with van der Waals surface area (Å²) in [5.74, 6) is -0.240. The van der Waals surface area contributed by atoms with Crippen molar-refractivity contribution in [1.82, 2.24) is 5.01 Å². The molecular weight excluding hydrogens is 268 g/mol. The minimum Gasteiger partial charge on any atom is -0.508 e. The summed E-state index contributed by atoms with van der Waals surface area (Å²) >= 11 is 0. The summed E-state index contributed by atoms with van der Waals surface area (Å²) in [7, 11) is 0. The second-order valence-electron chi connectivity index (χ2n) is 5.82. The van der Waals surface area contributed by atoms with Gasteiger partial charge in [0.15, 0.2) is 0 Å². The van der Waals surface area contributed by atoms with Gasteiger partial charge in [0.05, 0.1) is 18.1 Å². The highest BCUT2D eigenvalue weighted by Crippen LogP contribution is 2.52. The molecule has 1 heterocycles. The van der Waals surface area contributed by atoms with Crippen molar-refractivity contribution in [3.63, 3.8) is 0 Å². The van der Waals surface area contributed by atoms with Gasteiger partial charge >= 0.3 is 0 Å². The zero-order valence-corrected chi connectivity index (χ0v) is 11.2. The lowest BCUT2D eigenvalue weighted by atomic mass is 9.85. The quantitative estimate of drug-likeness (QED) is 0.508. The number of aromatic hydroxyl groups is 1. The predicted molar refractivity (Wildman–Crippen MR) is 75.3 cm³/mol. The Labute approximate surface area is 121 Å². The second kappa shape index (κ2) is 4.28. The first-order chi connectivity index (χ1) is 10.1. The summed E-state index contributed by atoms with van der Waals surface area (Å²) in [5.41, 5.74) is 0.728. The van der Waals surface area contributed by atoms with Crippen LogP contribution in [0.3, 0.4) is 0 Å². The summed E-state index contributed by atoms with van der Waals surface area (Å²) < 4.78 is 0. The number of hydrogen-bond acceptors (Lipinski definition) is 4. The van der Waals surface area contributed by atoms with Crippen LogP contribution in [0.15, 0.2) is 41.5 Å². The standard InChI is InChI=1S/C16H14N2O3/c19-12-5-1-9(2-6-12)8-17-18-15(20)13-10-3-4-11(7-10)14(13)16(18)21/h1-6,8,10-11,13-14,19H,7H2/b17-8-/t10-,11-,13+,14+/m0/s1. The number of amides is 2. The van der Waals surface area contributed by atoms with Gasteiger partial charge in [-0.05, 0) is 48.1 Å². The number of hydrogen-bond donors (Lipinski definition) is 1. The van der Waals surface area contributed by atoms with Crippen LogP contribution in [0.5, 0.6) is 5.75 Å². The molecule has 1 saturated heterocycles. The molecule has 2 amide bonds. The molecule has 0 aromatic heterocycles. The Morgan fingerprint density at radius 3 is 2.19 bits per heavy atom. The van der Waals surface area contributed by atoms with Gasteiger partial charge in [-0.3, -0.25) is 9.59 Å². The van der Waals surface area contributed by atoms with Crippen molar-refractivity contribution in [2.75, 3.05) is 0 Å². The lowest BCUT2D eigenvalue weighted by molar-refractivity contribution is -0.140. The van der Waals surface area contributed by atoms with Crippen LogP contribution >= 0.6 is 0 Å². The molecule has 1 N–H and O–H groups in total. The van der Waals surface area contributed by atoms with Crippen LogP contribution in [0.1, 0.15) is 12.0 Å². The molecule has 106 valence electrons. The molecule has 0 unspecified atom stereocenters. The summed E-state index contributed by atoms with van der Waals surface area (Å²) in [4.78, 5) is 24.8. The minimum atomic E-state index is -0.218. The molecule has 1 aromatic rings. The Bertz CT molecular complexity index is 647. The zero-order chi connectivity index (χ0) is 14.6. The van der Waals surface area contributed by atoms with Gasteiger partial charge < -0.3 is 5.11 Å². The number of carbonyl (C=O) groups excluding carboxylic acids is 2. The van der Waals surface area contributed by atoms with Crippen LogP contribution in [0.2, 0.25) is 0 Å². The summed E-state index contributed by atoms with van der Waals surface area (Å²) in [6, 6.07) is 6.42. The molecule has 2 fully saturated rings. The van der Waals surface area contributed by atoms with E-state index in [1.54, 1.807) is 12.1 Å². The van der Waals surface area contributed by atoms with Gasteiger partial charge in [-0.2, -0.15) is 10.1 Å². The fourth-order valence-corrected chi connectivity index (χ4v) is 3.69. The van der Waals surface area contributed by atoms with E-state index in [1.807, 2.05) is 0 Å². The van der Waals surface area contributed by atoms with Gasteiger partial charge in [0.1, 0.15) is 5.75 Å². The molecule has 0 radical (unpaired) electrons. The third-order valence-corrected chi connectivity index (χ3v) is 4.66. The molecule has 1 aliphatic heterocycles. The van der Waals surface area contributed by atoms with Gasteiger partial charge in [-0.1, -0.05) is 12.2 Å². The third-order valence-electron chi connectivity index (χ3n) is 4.66. The van der Waals surface area contributed by atoms with Crippen LogP contribution in [-0.2, 0) is 9.59 Å². The number of imide groups is 1. The number of hydrazone groups is 1. The minimum absolute atomic E-state index is 0.164. The molecule has 0 spiro atoms. The monoisotopic (exact) mass is 282 g/mol. The van der Waals surface area contributed by atoms with E-state index in [2.05, 4.69) is 17.3 Å². The van der Waals surface area contributed by atoms with Crippen LogP contribution in [0.4, 0.5) is 0 Å². The number of phenolic OH excluding ortho intramolecular Hbond substituents is 1. The highest BCUT2D eigenvalue weighted by molar-refractivity contribution is 6.06. The van der Waals surface area contributed by atoms with Crippen molar-refractivity contribution >= 4 is 18.0 Å². The number of rotatable bonds is 2. The van der Waals surface area contributed by atoms with E-state index in [-0.39, 0.29) is 41.2 Å². The zero-order valence-electron chi connectivity index (χ0n) is 11.2. The maximum Gasteiger partial charge on any atom is 0.254 e. The average Bonchev–Trinajstić information content (AvgIpc) is 3.14. The topological polar surface area (TPSA) is 70.0 Å². The van der Waals surface area contributed by atoms with Crippen LogP contribution in [0, 0.1) is 23.7 Å². The Morgan fingerprint density at radius 2 is 1.62 bits per heavy atom. The van der Waals surface area contributed by atoms with Crippen molar-refractivity contribution < 1.29 is 14.7 Å². The number of allylic oxidation sites excluding steroid dienone is 2. The van der Waals surface area contributed by atoms with Crippen molar-refractivity contribution in [2.45, 2.75) is 6.42 Å². The van der Waals surface area contributed by atoms with Crippen molar-refractivity contribution in [3.05, 3.63) is 42.0 Å². The Kier molecular flexibility index (Phi) is 2.51. The van der Waals surface area contributed by atoms with Gasteiger partial charge in [-0.15, -0.1) is 0 Å². The third kappa shape index (κ3) is 1.73. The van der Waals surface area contributed by atoms with Gasteiger partial charge in [0.25, 0.3) is 11.8 Å². The first-order valence-corrected chi connectivity index (χ1v) is 7.04. The normalized spacial score (nSPS) is 33.4. The smallest absolute Gasteiger partial charge is 0.254 e. The molecule has 1 saturated carbocycles. The number of benzene rings is 1. The molecule has 2 bridgehead atoms. The maximum atomic E-state index is 12.4. The fraction of sp³-hybridized carbons (Fsp3) is 0.312. The lowest BCUT2D eigenvalue weighted by Crippen LogP contribution is -2.28. The first-order valence-electron chi connectivity index (χ1n) is 7.04. The number of carbonyl (C=O) groups is 2. The Morgan fingerprint density at radius 1 is 1.05 bits per heavy atom. The van der Waals surface area contributed by atoms with E-state index in [0.717, 1.165) is 17.0 Å². The number of fused-ring (bicyclic) bond motifs is 5. The van der Waals surface area contributed by atoms with E-state index < -0.39 is 0 Å². The highest BCUT2D eigenvalue weighted by atomic mass is 16.3. The second-order valence-corrected chi connectivity index (χ2v) is 5.82. The molecule has 2 aliphatic carbocycles. The van der Waals surface area contributed by atoms with Gasteiger partial charge in [-0.25, -0.2) is 0 Å². The van der Waals surface area contributed by atoms with E-state index in [1.165, 1.54) is 18.3 Å².